The van der Waals surface area contributed by atoms with Gasteiger partial charge in [0.2, 0.25) is 0 Å². The lowest BCUT2D eigenvalue weighted by atomic mass is 10.0. The van der Waals surface area contributed by atoms with Gasteiger partial charge in [-0.05, 0) is 74.1 Å². The van der Waals surface area contributed by atoms with Crippen LogP contribution in [-0.4, -0.2) is 71.5 Å². The van der Waals surface area contributed by atoms with Crippen molar-refractivity contribution < 1.29 is 24.2 Å². The monoisotopic (exact) mass is 644 g/mol. The maximum Gasteiger partial charge on any atom is 0.307 e. The van der Waals surface area contributed by atoms with Gasteiger partial charge in [0.1, 0.15) is 22.4 Å². The quantitative estimate of drug-likeness (QED) is 0.122. The minimum Gasteiger partial charge on any atom is -0.494 e. The Bertz CT molecular complexity index is 1510. The minimum atomic E-state index is -0.901. The van der Waals surface area contributed by atoms with Crippen molar-refractivity contribution in [2.45, 2.75) is 12.8 Å². The number of likely N-dealkylation sites (N-methyl/N-ethyl adjacent to an activating group) is 1. The van der Waals surface area contributed by atoms with Gasteiger partial charge in [-0.25, -0.2) is 0 Å². The number of carboxylic acids is 1. The van der Waals surface area contributed by atoms with Gasteiger partial charge in [-0.3, -0.25) is 14.5 Å². The zero-order valence-corrected chi connectivity index (χ0v) is 26.3. The second-order valence-electron chi connectivity index (χ2n) is 9.78. The first-order valence-corrected chi connectivity index (χ1v) is 15.1. The van der Waals surface area contributed by atoms with Crippen LogP contribution in [0.25, 0.3) is 17.2 Å². The molecular formula is C31H30Cl2N2O5S2. The van der Waals surface area contributed by atoms with Gasteiger partial charge in [-0.2, -0.15) is 0 Å². The van der Waals surface area contributed by atoms with Crippen molar-refractivity contribution >= 4 is 69.5 Å². The van der Waals surface area contributed by atoms with Crippen LogP contribution in [0, 0.1) is 0 Å². The van der Waals surface area contributed by atoms with E-state index in [0.717, 1.165) is 23.2 Å². The van der Waals surface area contributed by atoms with Crippen LogP contribution in [0.2, 0.25) is 10.0 Å². The van der Waals surface area contributed by atoms with E-state index >= 15 is 0 Å². The standard InChI is InChI=1S/C31H30Cl2N2O5S2/c1-34(2)12-14-40-27-10-7-21(25-9-8-23(32)19-26(25)33)17-22(27)18-28-30(38)35(31(41)42-28)11-4-13-39-24-6-3-5-20(15-24)16-29(36)37/h3,5-10,15,17-19H,4,11-14,16H2,1-2H3,(H,36,37)/b28-18-. The van der Waals surface area contributed by atoms with Crippen molar-refractivity contribution in [1.82, 2.24) is 9.80 Å². The predicted molar refractivity (Wildman–Crippen MR) is 174 cm³/mol. The normalized spacial score (nSPS) is 14.2. The van der Waals surface area contributed by atoms with Gasteiger partial charge in [-0.1, -0.05) is 71.4 Å². The van der Waals surface area contributed by atoms with Gasteiger partial charge >= 0.3 is 5.97 Å². The molecule has 0 saturated carbocycles. The molecule has 7 nitrogen and oxygen atoms in total. The third-order valence-electron chi connectivity index (χ3n) is 6.26. The molecule has 1 saturated heterocycles. The van der Waals surface area contributed by atoms with Crippen molar-refractivity contribution in [2.24, 2.45) is 0 Å². The molecule has 220 valence electrons. The molecule has 0 aromatic heterocycles. The number of amides is 1. The zero-order valence-electron chi connectivity index (χ0n) is 23.1. The number of carbonyl (C=O) groups is 2. The van der Waals surface area contributed by atoms with Gasteiger partial charge in [0.15, 0.2) is 0 Å². The molecule has 0 spiro atoms. The van der Waals surface area contributed by atoms with Crippen molar-refractivity contribution in [3.8, 4) is 22.6 Å². The van der Waals surface area contributed by atoms with Gasteiger partial charge in [0.25, 0.3) is 5.91 Å². The van der Waals surface area contributed by atoms with E-state index in [9.17, 15) is 9.59 Å². The molecule has 0 bridgehead atoms. The molecule has 0 unspecified atom stereocenters. The fourth-order valence-electron chi connectivity index (χ4n) is 4.19. The topological polar surface area (TPSA) is 79.3 Å². The number of nitrogens with zero attached hydrogens (tertiary/aromatic N) is 2. The molecular weight excluding hydrogens is 615 g/mol. The number of hydrogen-bond donors (Lipinski definition) is 1. The zero-order chi connectivity index (χ0) is 30.2. The Morgan fingerprint density at radius 2 is 1.88 bits per heavy atom. The maximum atomic E-state index is 13.4. The number of ether oxygens (including phenoxy) is 2. The second-order valence-corrected chi connectivity index (χ2v) is 12.3. The summed E-state index contributed by atoms with van der Waals surface area (Å²) in [5.41, 5.74) is 3.08. The first-order chi connectivity index (χ1) is 20.1. The van der Waals surface area contributed by atoms with E-state index in [1.54, 1.807) is 41.3 Å². The lowest BCUT2D eigenvalue weighted by Crippen LogP contribution is -2.29. The third-order valence-corrected chi connectivity index (χ3v) is 8.18. The summed E-state index contributed by atoms with van der Waals surface area (Å²) in [6.45, 7) is 1.96. The number of benzene rings is 3. The predicted octanol–water partition coefficient (Wildman–Crippen LogP) is 6.90. The molecule has 0 atom stereocenters. The van der Waals surface area contributed by atoms with Crippen LogP contribution in [0.3, 0.4) is 0 Å². The van der Waals surface area contributed by atoms with Gasteiger partial charge in [-0.15, -0.1) is 0 Å². The summed E-state index contributed by atoms with van der Waals surface area (Å²) < 4.78 is 12.3. The molecule has 1 fully saturated rings. The van der Waals surface area contributed by atoms with Crippen molar-refractivity contribution in [1.29, 1.82) is 0 Å². The van der Waals surface area contributed by atoms with Gasteiger partial charge in [0.05, 0.1) is 17.9 Å². The lowest BCUT2D eigenvalue weighted by Gasteiger charge is -2.15. The Kier molecular flexibility index (Phi) is 11.3. The van der Waals surface area contributed by atoms with Crippen molar-refractivity contribution in [3.05, 3.63) is 86.7 Å². The molecule has 0 aliphatic carbocycles. The average Bonchev–Trinajstić information content (AvgIpc) is 3.19. The van der Waals surface area contributed by atoms with Gasteiger partial charge < -0.3 is 19.5 Å². The third kappa shape index (κ3) is 8.72. The summed E-state index contributed by atoms with van der Waals surface area (Å²) >= 11 is 19.4. The molecule has 1 N–H and O–H groups in total. The Hall–Kier alpha value is -3.08. The van der Waals surface area contributed by atoms with Gasteiger partial charge in [0, 0.05) is 34.3 Å². The molecule has 1 aliphatic heterocycles. The number of hydrogen-bond acceptors (Lipinski definition) is 7. The van der Waals surface area contributed by atoms with E-state index in [2.05, 4.69) is 0 Å². The van der Waals surface area contributed by atoms with E-state index in [4.69, 9.17) is 50.0 Å². The highest BCUT2D eigenvalue weighted by Crippen LogP contribution is 2.37. The number of thioether (sulfide) groups is 1. The molecule has 42 heavy (non-hydrogen) atoms. The highest BCUT2D eigenvalue weighted by Gasteiger charge is 2.32. The van der Waals surface area contributed by atoms with E-state index in [1.165, 1.54) is 11.8 Å². The Morgan fingerprint density at radius 3 is 2.62 bits per heavy atom. The summed E-state index contributed by atoms with van der Waals surface area (Å²) in [7, 11) is 3.95. The largest absolute Gasteiger partial charge is 0.494 e. The second kappa shape index (κ2) is 14.9. The van der Waals surface area contributed by atoms with Crippen LogP contribution in [-0.2, 0) is 16.0 Å². The number of carbonyl (C=O) groups excluding carboxylic acids is 1. The molecule has 3 aromatic rings. The number of rotatable bonds is 13. The molecule has 1 amide bonds. The molecule has 11 heteroatoms. The van der Waals surface area contributed by atoms with Crippen LogP contribution >= 0.6 is 47.2 Å². The van der Waals surface area contributed by atoms with Crippen LogP contribution in [0.1, 0.15) is 17.5 Å². The van der Waals surface area contributed by atoms with Crippen LogP contribution in [0.15, 0.2) is 65.6 Å². The number of aliphatic carboxylic acids is 1. The number of carboxylic acid groups (broad SMARTS) is 1. The maximum absolute atomic E-state index is 13.4. The Morgan fingerprint density at radius 1 is 1.07 bits per heavy atom. The first kappa shape index (κ1) is 31.8. The smallest absolute Gasteiger partial charge is 0.307 e. The van der Waals surface area contributed by atoms with E-state index in [-0.39, 0.29) is 12.3 Å². The van der Waals surface area contributed by atoms with E-state index < -0.39 is 5.97 Å². The van der Waals surface area contributed by atoms with Crippen LogP contribution < -0.4 is 9.47 Å². The molecule has 4 rings (SSSR count). The summed E-state index contributed by atoms with van der Waals surface area (Å²) in [6.07, 6.45) is 2.28. The number of halogens is 2. The summed E-state index contributed by atoms with van der Waals surface area (Å²) in [5.74, 6) is 0.154. The summed E-state index contributed by atoms with van der Waals surface area (Å²) in [4.78, 5) is 28.4. The molecule has 0 radical (unpaired) electrons. The fraction of sp³-hybridized carbons (Fsp3) is 0.258. The highest BCUT2D eigenvalue weighted by atomic mass is 35.5. The summed E-state index contributed by atoms with van der Waals surface area (Å²) in [5, 5.41) is 10.1. The average molecular weight is 646 g/mol. The Balaban J connectivity index is 1.47. The molecule has 1 aliphatic rings. The number of thiocarbonyl (C=S) groups is 1. The van der Waals surface area contributed by atoms with Crippen LogP contribution in [0.4, 0.5) is 0 Å². The summed E-state index contributed by atoms with van der Waals surface area (Å²) in [6, 6.07) is 18.1. The Labute approximate surface area is 265 Å². The molecule has 3 aromatic carbocycles. The van der Waals surface area contributed by atoms with Crippen molar-refractivity contribution in [3.63, 3.8) is 0 Å². The van der Waals surface area contributed by atoms with Crippen LogP contribution in [0.5, 0.6) is 11.5 Å². The first-order valence-electron chi connectivity index (χ1n) is 13.2. The van der Waals surface area contributed by atoms with Crippen molar-refractivity contribution in [2.75, 3.05) is 40.4 Å². The minimum absolute atomic E-state index is 0.0713. The lowest BCUT2D eigenvalue weighted by molar-refractivity contribution is -0.136. The van der Waals surface area contributed by atoms with E-state index in [1.807, 2.05) is 49.3 Å². The van der Waals surface area contributed by atoms with E-state index in [0.29, 0.717) is 62.5 Å². The SMILES string of the molecule is CN(C)CCOc1ccc(-c2ccc(Cl)cc2Cl)cc1/C=C1\SC(=S)N(CCCOc2cccc(CC(=O)O)c2)C1=O. The fourth-order valence-corrected chi connectivity index (χ4v) is 6.01. The molecule has 1 heterocycles. The highest BCUT2D eigenvalue weighted by molar-refractivity contribution is 8.26.